The van der Waals surface area contributed by atoms with Gasteiger partial charge in [-0.25, -0.2) is 0 Å². The summed E-state index contributed by atoms with van der Waals surface area (Å²) in [5.41, 5.74) is 2.13. The van der Waals surface area contributed by atoms with Gasteiger partial charge >= 0.3 is 0 Å². The Kier molecular flexibility index (Phi) is 1.98. The van der Waals surface area contributed by atoms with Crippen molar-refractivity contribution in [3.05, 3.63) is 35.9 Å². The highest BCUT2D eigenvalue weighted by Gasteiger charge is 2.58. The number of alkyl halides is 1. The van der Waals surface area contributed by atoms with E-state index in [2.05, 4.69) is 46.3 Å². The predicted octanol–water partition coefficient (Wildman–Crippen LogP) is 3.75. The summed E-state index contributed by atoms with van der Waals surface area (Å²) in [5.74, 6) is 1.92. The van der Waals surface area contributed by atoms with E-state index in [-0.39, 0.29) is 0 Å². The molecule has 3 aliphatic rings. The highest BCUT2D eigenvalue weighted by atomic mass is 79.9. The molecule has 3 atom stereocenters. The van der Waals surface area contributed by atoms with E-state index >= 15 is 0 Å². The first-order valence-corrected chi connectivity index (χ1v) is 6.60. The van der Waals surface area contributed by atoms with Crippen molar-refractivity contribution in [2.24, 2.45) is 11.8 Å². The van der Waals surface area contributed by atoms with Gasteiger partial charge in [0.05, 0.1) is 0 Å². The largest absolute Gasteiger partial charge is 0.0925 e. The zero-order chi connectivity index (χ0) is 9.60. The molecule has 14 heavy (non-hydrogen) atoms. The molecule has 3 saturated carbocycles. The van der Waals surface area contributed by atoms with E-state index < -0.39 is 0 Å². The Morgan fingerprint density at radius 2 is 2.07 bits per heavy atom. The summed E-state index contributed by atoms with van der Waals surface area (Å²) >= 11 is 3.68. The zero-order valence-corrected chi connectivity index (χ0v) is 9.83. The number of benzene rings is 1. The first-order valence-electron chi connectivity index (χ1n) is 5.48. The molecule has 1 aromatic rings. The first kappa shape index (κ1) is 8.96. The van der Waals surface area contributed by atoms with Gasteiger partial charge in [-0.2, -0.15) is 0 Å². The molecule has 0 aliphatic heterocycles. The van der Waals surface area contributed by atoms with Gasteiger partial charge in [-0.15, -0.1) is 0 Å². The number of rotatable bonds is 2. The minimum Gasteiger partial charge on any atom is -0.0925 e. The number of hydrogen-bond donors (Lipinski definition) is 0. The van der Waals surface area contributed by atoms with E-state index in [1.54, 1.807) is 5.56 Å². The van der Waals surface area contributed by atoms with Gasteiger partial charge < -0.3 is 0 Å². The minimum atomic E-state index is 0.551. The number of fused-ring (bicyclic) bond motifs is 1. The Labute approximate surface area is 93.8 Å². The Hall–Kier alpha value is -0.300. The number of hydrogen-bond acceptors (Lipinski definition) is 0. The van der Waals surface area contributed by atoms with Crippen LogP contribution in [0.3, 0.4) is 0 Å². The van der Waals surface area contributed by atoms with E-state index in [9.17, 15) is 0 Å². The van der Waals surface area contributed by atoms with Crippen LogP contribution in [0.15, 0.2) is 30.3 Å². The molecule has 3 aliphatic carbocycles. The van der Waals surface area contributed by atoms with E-state index in [0.717, 1.165) is 11.8 Å². The van der Waals surface area contributed by atoms with Gasteiger partial charge in [0.1, 0.15) is 0 Å². The SMILES string of the molecule is BrCC1C2CCC1(c1ccccc1)C2. The van der Waals surface area contributed by atoms with E-state index in [1.165, 1.54) is 24.6 Å². The van der Waals surface area contributed by atoms with Crippen molar-refractivity contribution in [3.8, 4) is 0 Å². The molecule has 74 valence electrons. The molecule has 3 fully saturated rings. The van der Waals surface area contributed by atoms with Gasteiger partial charge in [0.15, 0.2) is 0 Å². The molecule has 1 aromatic carbocycles. The second-order valence-electron chi connectivity index (χ2n) is 4.79. The summed E-state index contributed by atoms with van der Waals surface area (Å²) in [5, 5.41) is 1.19. The summed E-state index contributed by atoms with van der Waals surface area (Å²) in [6, 6.07) is 11.1. The molecular weight excluding hydrogens is 236 g/mol. The lowest BCUT2D eigenvalue weighted by atomic mass is 9.58. The Bertz CT molecular complexity index is 328. The first-order chi connectivity index (χ1) is 6.87. The molecule has 0 spiro atoms. The van der Waals surface area contributed by atoms with Crippen molar-refractivity contribution in [3.63, 3.8) is 0 Å². The van der Waals surface area contributed by atoms with Crippen molar-refractivity contribution >= 4 is 15.9 Å². The van der Waals surface area contributed by atoms with Crippen LogP contribution in [0.5, 0.6) is 0 Å². The molecule has 0 aromatic heterocycles. The molecule has 2 bridgehead atoms. The van der Waals surface area contributed by atoms with Gasteiger partial charge in [-0.05, 0) is 42.1 Å². The molecular formula is C13H15Br. The molecule has 0 heterocycles. The third-order valence-electron chi connectivity index (χ3n) is 4.38. The normalized spacial score (nSPS) is 39.5. The molecule has 0 N–H and O–H groups in total. The fourth-order valence-electron chi connectivity index (χ4n) is 3.61. The van der Waals surface area contributed by atoms with Gasteiger partial charge in [0, 0.05) is 5.33 Å². The van der Waals surface area contributed by atoms with Crippen LogP contribution in [0.25, 0.3) is 0 Å². The fourth-order valence-corrected chi connectivity index (χ4v) is 4.75. The summed E-state index contributed by atoms with van der Waals surface area (Å²) < 4.78 is 0. The smallest absolute Gasteiger partial charge is 0.00708 e. The van der Waals surface area contributed by atoms with Crippen molar-refractivity contribution in [2.75, 3.05) is 5.33 Å². The third kappa shape index (κ3) is 0.995. The van der Waals surface area contributed by atoms with Crippen LogP contribution in [0, 0.1) is 11.8 Å². The minimum absolute atomic E-state index is 0.551. The van der Waals surface area contributed by atoms with Crippen molar-refractivity contribution in [1.29, 1.82) is 0 Å². The average Bonchev–Trinajstić information content (AvgIpc) is 2.78. The molecule has 1 heteroatoms. The lowest BCUT2D eigenvalue weighted by Gasteiger charge is -2.47. The lowest BCUT2D eigenvalue weighted by Crippen LogP contribution is -2.44. The van der Waals surface area contributed by atoms with Crippen LogP contribution in [0.1, 0.15) is 24.8 Å². The monoisotopic (exact) mass is 250 g/mol. The summed E-state index contributed by atoms with van der Waals surface area (Å²) in [6.45, 7) is 0. The standard InChI is InChI=1S/C13H15Br/c14-9-12-10-6-7-13(12,8-10)11-4-2-1-3-5-11/h1-5,10,12H,6-9H2. The molecule has 0 saturated heterocycles. The predicted molar refractivity (Wildman–Crippen MR) is 62.7 cm³/mol. The Morgan fingerprint density at radius 1 is 1.29 bits per heavy atom. The highest BCUT2D eigenvalue weighted by molar-refractivity contribution is 9.09. The molecule has 0 nitrogen and oxygen atoms in total. The number of halogens is 1. The van der Waals surface area contributed by atoms with Crippen LogP contribution in [-0.4, -0.2) is 5.33 Å². The summed E-state index contributed by atoms with van der Waals surface area (Å²) in [7, 11) is 0. The van der Waals surface area contributed by atoms with Gasteiger partial charge in [-0.1, -0.05) is 46.3 Å². The average molecular weight is 251 g/mol. The van der Waals surface area contributed by atoms with E-state index in [0.29, 0.717) is 5.41 Å². The Morgan fingerprint density at radius 3 is 2.71 bits per heavy atom. The van der Waals surface area contributed by atoms with Crippen LogP contribution in [0.2, 0.25) is 0 Å². The highest BCUT2D eigenvalue weighted by Crippen LogP contribution is 2.64. The van der Waals surface area contributed by atoms with Crippen LogP contribution in [0.4, 0.5) is 0 Å². The van der Waals surface area contributed by atoms with E-state index in [1.807, 2.05) is 0 Å². The zero-order valence-electron chi connectivity index (χ0n) is 8.25. The summed E-state index contributed by atoms with van der Waals surface area (Å²) in [4.78, 5) is 0. The second-order valence-corrected chi connectivity index (χ2v) is 5.43. The van der Waals surface area contributed by atoms with Crippen molar-refractivity contribution in [1.82, 2.24) is 0 Å². The Balaban J connectivity index is 1.98. The quantitative estimate of drug-likeness (QED) is 0.702. The van der Waals surface area contributed by atoms with Gasteiger partial charge in [0.2, 0.25) is 0 Å². The van der Waals surface area contributed by atoms with Crippen molar-refractivity contribution < 1.29 is 0 Å². The maximum Gasteiger partial charge on any atom is 0.00708 e. The lowest BCUT2D eigenvalue weighted by molar-refractivity contribution is 0.135. The third-order valence-corrected chi connectivity index (χ3v) is 5.08. The van der Waals surface area contributed by atoms with Gasteiger partial charge in [0.25, 0.3) is 0 Å². The van der Waals surface area contributed by atoms with Crippen LogP contribution < -0.4 is 0 Å². The van der Waals surface area contributed by atoms with E-state index in [4.69, 9.17) is 0 Å². The van der Waals surface area contributed by atoms with Crippen molar-refractivity contribution in [2.45, 2.75) is 24.7 Å². The molecule has 0 radical (unpaired) electrons. The second kappa shape index (κ2) is 3.10. The fraction of sp³-hybridized carbons (Fsp3) is 0.538. The maximum atomic E-state index is 3.68. The topological polar surface area (TPSA) is 0 Å². The molecule has 4 rings (SSSR count). The van der Waals surface area contributed by atoms with Crippen LogP contribution >= 0.6 is 15.9 Å². The maximum absolute atomic E-state index is 3.68. The molecule has 3 unspecified atom stereocenters. The molecule has 0 amide bonds. The van der Waals surface area contributed by atoms with Gasteiger partial charge in [-0.3, -0.25) is 0 Å². The summed E-state index contributed by atoms with van der Waals surface area (Å²) in [6.07, 6.45) is 4.30. The van der Waals surface area contributed by atoms with Crippen LogP contribution in [-0.2, 0) is 5.41 Å².